The third-order valence-corrected chi connectivity index (χ3v) is 3.76. The third kappa shape index (κ3) is 3.39. The summed E-state index contributed by atoms with van der Waals surface area (Å²) in [7, 11) is 0. The predicted octanol–water partition coefficient (Wildman–Crippen LogP) is 3.43. The number of rotatable bonds is 4. The molecule has 0 aromatic heterocycles. The summed E-state index contributed by atoms with van der Waals surface area (Å²) < 4.78 is 6.88. The van der Waals surface area contributed by atoms with Gasteiger partial charge in [0.05, 0.1) is 17.5 Å². The number of benzene rings is 1. The van der Waals surface area contributed by atoms with Crippen molar-refractivity contribution in [3.05, 3.63) is 22.7 Å². The molecular formula is C14H21BrN2O. The van der Waals surface area contributed by atoms with E-state index < -0.39 is 0 Å². The standard InChI is InChI=1S/C14H21BrN2O/c1-2-8-18-12-4-3-7-17(10-12)14-6-5-11(15)9-13(14)16/h5-6,9,12H,2-4,7-8,10,16H2,1H3. The molecule has 0 amide bonds. The minimum Gasteiger partial charge on any atom is -0.397 e. The Kier molecular flexibility index (Phi) is 4.89. The Hall–Kier alpha value is -0.740. The first-order chi connectivity index (χ1) is 8.70. The second-order valence-electron chi connectivity index (χ2n) is 4.78. The number of nitrogen functional groups attached to an aromatic ring is 1. The fraction of sp³-hybridized carbons (Fsp3) is 0.571. The molecule has 1 heterocycles. The zero-order chi connectivity index (χ0) is 13.0. The van der Waals surface area contributed by atoms with Gasteiger partial charge in [0.2, 0.25) is 0 Å². The number of hydrogen-bond donors (Lipinski definition) is 1. The highest BCUT2D eigenvalue weighted by Crippen LogP contribution is 2.29. The molecule has 1 aromatic rings. The van der Waals surface area contributed by atoms with Crippen LogP contribution in [-0.2, 0) is 4.74 Å². The van der Waals surface area contributed by atoms with Crippen LogP contribution in [0.4, 0.5) is 11.4 Å². The van der Waals surface area contributed by atoms with Crippen LogP contribution in [0.5, 0.6) is 0 Å². The van der Waals surface area contributed by atoms with E-state index in [0.717, 1.165) is 48.4 Å². The van der Waals surface area contributed by atoms with Gasteiger partial charge >= 0.3 is 0 Å². The van der Waals surface area contributed by atoms with Gasteiger partial charge in [0, 0.05) is 24.2 Å². The minimum absolute atomic E-state index is 0.349. The van der Waals surface area contributed by atoms with Crippen molar-refractivity contribution in [1.82, 2.24) is 0 Å². The summed E-state index contributed by atoms with van der Waals surface area (Å²) in [5, 5.41) is 0. The van der Waals surface area contributed by atoms with Crippen LogP contribution in [0.1, 0.15) is 26.2 Å². The van der Waals surface area contributed by atoms with Crippen molar-refractivity contribution in [3.63, 3.8) is 0 Å². The van der Waals surface area contributed by atoms with Crippen LogP contribution >= 0.6 is 15.9 Å². The van der Waals surface area contributed by atoms with E-state index in [1.165, 1.54) is 6.42 Å². The van der Waals surface area contributed by atoms with Gasteiger partial charge in [-0.25, -0.2) is 0 Å². The van der Waals surface area contributed by atoms with Gasteiger partial charge in [-0.1, -0.05) is 22.9 Å². The number of nitrogens with two attached hydrogens (primary N) is 1. The molecule has 4 heteroatoms. The Morgan fingerprint density at radius 3 is 3.06 bits per heavy atom. The maximum atomic E-state index is 6.09. The van der Waals surface area contributed by atoms with Gasteiger partial charge in [-0.05, 0) is 37.5 Å². The lowest BCUT2D eigenvalue weighted by atomic mass is 10.1. The number of piperidine rings is 1. The Morgan fingerprint density at radius 1 is 1.50 bits per heavy atom. The molecule has 1 unspecified atom stereocenters. The van der Waals surface area contributed by atoms with E-state index in [9.17, 15) is 0 Å². The molecule has 1 fully saturated rings. The average molecular weight is 313 g/mol. The van der Waals surface area contributed by atoms with E-state index in [4.69, 9.17) is 10.5 Å². The molecule has 0 aliphatic carbocycles. The van der Waals surface area contributed by atoms with E-state index >= 15 is 0 Å². The normalized spacial score (nSPS) is 20.1. The van der Waals surface area contributed by atoms with Crippen molar-refractivity contribution in [2.75, 3.05) is 30.3 Å². The van der Waals surface area contributed by atoms with Crippen molar-refractivity contribution >= 4 is 27.3 Å². The van der Waals surface area contributed by atoms with Gasteiger partial charge < -0.3 is 15.4 Å². The number of halogens is 1. The molecule has 1 aromatic carbocycles. The fourth-order valence-corrected chi connectivity index (χ4v) is 2.77. The van der Waals surface area contributed by atoms with Crippen LogP contribution in [0.2, 0.25) is 0 Å². The lowest BCUT2D eigenvalue weighted by Crippen LogP contribution is -2.40. The average Bonchev–Trinajstić information content (AvgIpc) is 2.36. The molecule has 0 radical (unpaired) electrons. The highest BCUT2D eigenvalue weighted by molar-refractivity contribution is 9.10. The van der Waals surface area contributed by atoms with Crippen molar-refractivity contribution in [2.24, 2.45) is 0 Å². The number of nitrogens with zero attached hydrogens (tertiary/aromatic N) is 1. The Labute approximate surface area is 117 Å². The monoisotopic (exact) mass is 312 g/mol. The van der Waals surface area contributed by atoms with E-state index in [1.54, 1.807) is 0 Å². The van der Waals surface area contributed by atoms with Crippen LogP contribution in [0.3, 0.4) is 0 Å². The summed E-state index contributed by atoms with van der Waals surface area (Å²) in [5.74, 6) is 0. The second kappa shape index (κ2) is 6.43. The molecule has 2 rings (SSSR count). The third-order valence-electron chi connectivity index (χ3n) is 3.27. The molecule has 1 aliphatic heterocycles. The molecule has 1 saturated heterocycles. The molecule has 1 atom stereocenters. The first-order valence-corrected chi connectivity index (χ1v) is 7.41. The van der Waals surface area contributed by atoms with E-state index in [-0.39, 0.29) is 0 Å². The molecule has 3 nitrogen and oxygen atoms in total. The summed E-state index contributed by atoms with van der Waals surface area (Å²) >= 11 is 3.44. The molecule has 18 heavy (non-hydrogen) atoms. The predicted molar refractivity (Wildman–Crippen MR) is 80.0 cm³/mol. The molecule has 100 valence electrons. The fourth-order valence-electron chi connectivity index (χ4n) is 2.39. The molecule has 0 bridgehead atoms. The number of anilines is 2. The first kappa shape index (κ1) is 13.7. The van der Waals surface area contributed by atoms with Crippen molar-refractivity contribution in [2.45, 2.75) is 32.3 Å². The summed E-state index contributed by atoms with van der Waals surface area (Å²) in [5.41, 5.74) is 8.05. The van der Waals surface area contributed by atoms with Crippen LogP contribution in [0.15, 0.2) is 22.7 Å². The number of hydrogen-bond acceptors (Lipinski definition) is 3. The van der Waals surface area contributed by atoms with Crippen LogP contribution in [-0.4, -0.2) is 25.8 Å². The highest BCUT2D eigenvalue weighted by Gasteiger charge is 2.21. The van der Waals surface area contributed by atoms with Gasteiger partial charge in [-0.2, -0.15) is 0 Å². The van der Waals surface area contributed by atoms with Crippen LogP contribution < -0.4 is 10.6 Å². The van der Waals surface area contributed by atoms with Gasteiger partial charge in [0.1, 0.15) is 0 Å². The van der Waals surface area contributed by atoms with Gasteiger partial charge in [-0.15, -0.1) is 0 Å². The maximum Gasteiger partial charge on any atom is 0.0750 e. The molecular weight excluding hydrogens is 292 g/mol. The summed E-state index contributed by atoms with van der Waals surface area (Å²) in [4.78, 5) is 2.34. The number of ether oxygens (including phenoxy) is 1. The minimum atomic E-state index is 0.349. The summed E-state index contributed by atoms with van der Waals surface area (Å²) in [6, 6.07) is 6.09. The summed E-state index contributed by atoms with van der Waals surface area (Å²) in [6.45, 7) is 5.02. The zero-order valence-corrected chi connectivity index (χ0v) is 12.4. The van der Waals surface area contributed by atoms with E-state index in [0.29, 0.717) is 6.10 Å². The highest BCUT2D eigenvalue weighted by atomic mass is 79.9. The Bertz CT molecular complexity index is 397. The molecule has 0 spiro atoms. The van der Waals surface area contributed by atoms with E-state index in [2.05, 4.69) is 33.8 Å². The lowest BCUT2D eigenvalue weighted by molar-refractivity contribution is 0.0441. The molecule has 2 N–H and O–H groups in total. The Balaban J connectivity index is 2.03. The van der Waals surface area contributed by atoms with Crippen LogP contribution in [0, 0.1) is 0 Å². The van der Waals surface area contributed by atoms with Gasteiger partial charge in [0.15, 0.2) is 0 Å². The molecule has 1 aliphatic rings. The van der Waals surface area contributed by atoms with Crippen molar-refractivity contribution in [3.8, 4) is 0 Å². The van der Waals surface area contributed by atoms with Gasteiger partial charge in [0.25, 0.3) is 0 Å². The van der Waals surface area contributed by atoms with Crippen LogP contribution in [0.25, 0.3) is 0 Å². The molecule has 0 saturated carbocycles. The topological polar surface area (TPSA) is 38.5 Å². The smallest absolute Gasteiger partial charge is 0.0750 e. The first-order valence-electron chi connectivity index (χ1n) is 6.62. The lowest BCUT2D eigenvalue weighted by Gasteiger charge is -2.35. The maximum absolute atomic E-state index is 6.09. The van der Waals surface area contributed by atoms with E-state index in [1.807, 2.05) is 12.1 Å². The zero-order valence-electron chi connectivity index (χ0n) is 10.9. The second-order valence-corrected chi connectivity index (χ2v) is 5.70. The van der Waals surface area contributed by atoms with Gasteiger partial charge in [-0.3, -0.25) is 0 Å². The SMILES string of the molecule is CCCOC1CCCN(c2ccc(Br)cc2N)C1. The largest absolute Gasteiger partial charge is 0.397 e. The quantitative estimate of drug-likeness (QED) is 0.866. The van der Waals surface area contributed by atoms with Crippen molar-refractivity contribution in [1.29, 1.82) is 0 Å². The van der Waals surface area contributed by atoms with Crippen molar-refractivity contribution < 1.29 is 4.74 Å². The Morgan fingerprint density at radius 2 is 2.33 bits per heavy atom. The summed E-state index contributed by atoms with van der Waals surface area (Å²) in [6.07, 6.45) is 3.76.